The minimum Gasteiger partial charge on any atom is -0.394 e. The number of benzene rings is 1. The van der Waals surface area contributed by atoms with Gasteiger partial charge in [-0.1, -0.05) is 0 Å². The summed E-state index contributed by atoms with van der Waals surface area (Å²) >= 11 is 0. The largest absolute Gasteiger partial charge is 0.394 e. The number of rotatable bonds is 12. The molecule has 2 fully saturated rings. The number of ether oxygens (including phenoxy) is 1. The number of alkyl halides is 3. The highest BCUT2D eigenvalue weighted by atomic mass is 32.2. The first-order valence-corrected chi connectivity index (χ1v) is 17.2. The van der Waals surface area contributed by atoms with E-state index in [4.69, 9.17) is 20.6 Å². The Balaban J connectivity index is 1.36. The van der Waals surface area contributed by atoms with Crippen molar-refractivity contribution in [2.75, 3.05) is 44.4 Å². The Morgan fingerprint density at radius 1 is 1.17 bits per heavy atom. The lowest BCUT2D eigenvalue weighted by Gasteiger charge is -2.34. The number of nitrogens with one attached hydrogen (secondary N) is 1. The molecular weight excluding hydrogens is 627 g/mol. The fraction of sp³-hybridized carbons (Fsp3) is 0.645. The molecule has 0 radical (unpaired) electrons. The average molecular weight is 672 g/mol. The second-order valence-corrected chi connectivity index (χ2v) is 14.2. The Bertz CT molecular complexity index is 1410. The number of primary amides is 1. The number of aliphatic imine (C=N–C) groups is 1. The van der Waals surface area contributed by atoms with Crippen molar-refractivity contribution in [3.05, 3.63) is 34.2 Å². The molecule has 4 rings (SSSR count). The number of sulfonamides is 1. The van der Waals surface area contributed by atoms with Crippen molar-refractivity contribution in [2.24, 2.45) is 22.6 Å². The van der Waals surface area contributed by atoms with Crippen LogP contribution in [0.3, 0.4) is 0 Å². The fourth-order valence-corrected chi connectivity index (χ4v) is 7.75. The number of anilines is 1. The third kappa shape index (κ3) is 8.87. The number of aliphatic hydroxyl groups excluding tert-OH is 1. The van der Waals surface area contributed by atoms with Gasteiger partial charge in [0.1, 0.15) is 11.4 Å². The summed E-state index contributed by atoms with van der Waals surface area (Å²) in [5.74, 6) is 0.343. The van der Waals surface area contributed by atoms with Crippen molar-refractivity contribution in [1.29, 1.82) is 0 Å². The normalized spacial score (nSPS) is 22.3. The maximum Gasteiger partial charge on any atom is 0.389 e. The third-order valence-electron chi connectivity index (χ3n) is 9.24. The molecule has 1 aromatic carbocycles. The molecule has 0 aromatic heterocycles. The van der Waals surface area contributed by atoms with Crippen molar-refractivity contribution >= 4 is 39.6 Å². The SMILES string of the molecule is Cc1cc(N(CCOCCO)C(N)=O)cc(C)c1C=CS(=O)(=O)N1CCC2(CC1)N=C(C1CCC(CCC(F)(F)F)CC1)NC2=O. The van der Waals surface area contributed by atoms with E-state index in [0.29, 0.717) is 42.8 Å². The van der Waals surface area contributed by atoms with Crippen LogP contribution in [-0.2, 0) is 19.6 Å². The summed E-state index contributed by atoms with van der Waals surface area (Å²) in [6.45, 7) is 4.21. The van der Waals surface area contributed by atoms with Gasteiger partial charge in [0.05, 0.1) is 26.4 Å². The first kappa shape index (κ1) is 35.8. The van der Waals surface area contributed by atoms with Crippen LogP contribution in [-0.4, -0.2) is 86.8 Å². The monoisotopic (exact) mass is 671 g/mol. The van der Waals surface area contributed by atoms with Gasteiger partial charge in [-0.2, -0.15) is 17.5 Å². The molecule has 1 aliphatic carbocycles. The minimum absolute atomic E-state index is 0.0114. The molecule has 1 aromatic rings. The second-order valence-electron chi connectivity index (χ2n) is 12.4. The van der Waals surface area contributed by atoms with E-state index in [1.807, 2.05) is 0 Å². The highest BCUT2D eigenvalue weighted by Gasteiger charge is 2.48. The van der Waals surface area contributed by atoms with E-state index in [1.165, 1.54) is 15.3 Å². The average Bonchev–Trinajstić information content (AvgIpc) is 3.30. The summed E-state index contributed by atoms with van der Waals surface area (Å²) < 4.78 is 71.0. The van der Waals surface area contributed by atoms with Gasteiger partial charge in [0, 0.05) is 36.5 Å². The Hall–Kier alpha value is -3.01. The molecule has 4 N–H and O–H groups in total. The van der Waals surface area contributed by atoms with E-state index in [-0.39, 0.29) is 76.5 Å². The van der Waals surface area contributed by atoms with Gasteiger partial charge in [-0.05, 0) is 99.6 Å². The molecule has 1 spiro atoms. The maximum atomic E-state index is 13.3. The molecule has 11 nitrogen and oxygen atoms in total. The standard InChI is InChI=1S/C31H44F3N5O6S/c1-21-19-25(39(29(35)42)14-16-45-17-15-40)20-22(2)26(21)8-18-46(43,44)38-12-10-30(11-13-38)28(41)36-27(37-30)24-5-3-23(4-6-24)7-9-31(32,33)34/h8,18-20,23-24,40H,3-7,9-17H2,1-2H3,(H2,35,42)(H,36,37,41). The predicted molar refractivity (Wildman–Crippen MR) is 169 cm³/mol. The summed E-state index contributed by atoms with van der Waals surface area (Å²) in [7, 11) is -3.82. The predicted octanol–water partition coefficient (Wildman–Crippen LogP) is 4.01. The van der Waals surface area contributed by atoms with Crippen LogP contribution in [0.1, 0.15) is 68.1 Å². The first-order chi connectivity index (χ1) is 21.6. The van der Waals surface area contributed by atoms with E-state index >= 15 is 0 Å². The van der Waals surface area contributed by atoms with Crippen molar-refractivity contribution in [1.82, 2.24) is 9.62 Å². The lowest BCUT2D eigenvalue weighted by molar-refractivity contribution is -0.138. The molecule has 0 atom stereocenters. The molecule has 1 saturated heterocycles. The number of nitrogens with zero attached hydrogens (tertiary/aromatic N) is 3. The van der Waals surface area contributed by atoms with Gasteiger partial charge < -0.3 is 20.9 Å². The van der Waals surface area contributed by atoms with Gasteiger partial charge in [-0.15, -0.1) is 0 Å². The zero-order valence-corrected chi connectivity index (χ0v) is 27.1. The Labute approximate surface area is 268 Å². The van der Waals surface area contributed by atoms with Crippen LogP contribution in [0.5, 0.6) is 0 Å². The number of hydrogen-bond donors (Lipinski definition) is 3. The summed E-state index contributed by atoms with van der Waals surface area (Å²) in [5, 5.41) is 12.9. The molecule has 3 aliphatic rings. The quantitative estimate of drug-likeness (QED) is 0.286. The number of hydrogen-bond acceptors (Lipinski definition) is 7. The first-order valence-electron chi connectivity index (χ1n) is 15.7. The molecule has 1 saturated carbocycles. The van der Waals surface area contributed by atoms with E-state index in [1.54, 1.807) is 26.0 Å². The van der Waals surface area contributed by atoms with Crippen LogP contribution in [0.25, 0.3) is 6.08 Å². The molecule has 2 aliphatic heterocycles. The summed E-state index contributed by atoms with van der Waals surface area (Å²) in [5.41, 5.74) is 7.23. The number of piperidine rings is 1. The van der Waals surface area contributed by atoms with Crippen molar-refractivity contribution in [3.63, 3.8) is 0 Å². The van der Waals surface area contributed by atoms with Gasteiger partial charge in [-0.25, -0.2) is 13.2 Å². The zero-order valence-electron chi connectivity index (χ0n) is 26.3. The number of aryl methyl sites for hydroxylation is 2. The lowest BCUT2D eigenvalue weighted by atomic mass is 9.79. The van der Waals surface area contributed by atoms with Crippen LogP contribution in [0.4, 0.5) is 23.7 Å². The van der Waals surface area contributed by atoms with Crippen molar-refractivity contribution in [2.45, 2.75) is 76.9 Å². The molecule has 0 bridgehead atoms. The number of amidine groups is 1. The Morgan fingerprint density at radius 2 is 1.80 bits per heavy atom. The smallest absolute Gasteiger partial charge is 0.389 e. The number of carbonyl (C=O) groups excluding carboxylic acids is 2. The summed E-state index contributed by atoms with van der Waals surface area (Å²) in [6, 6.07) is 2.81. The van der Waals surface area contributed by atoms with E-state index in [0.717, 1.165) is 16.5 Å². The number of amides is 3. The highest BCUT2D eigenvalue weighted by molar-refractivity contribution is 7.92. The lowest BCUT2D eigenvalue weighted by Crippen LogP contribution is -2.50. The number of nitrogens with two attached hydrogens (primary N) is 1. The molecule has 3 amide bonds. The molecule has 46 heavy (non-hydrogen) atoms. The third-order valence-corrected chi connectivity index (χ3v) is 10.8. The van der Waals surface area contributed by atoms with Gasteiger partial charge in [0.15, 0.2) is 0 Å². The van der Waals surface area contributed by atoms with Gasteiger partial charge in [0.2, 0.25) is 10.0 Å². The van der Waals surface area contributed by atoms with Crippen LogP contribution in [0, 0.1) is 25.7 Å². The fourth-order valence-electron chi connectivity index (χ4n) is 6.58. The van der Waals surface area contributed by atoms with Crippen LogP contribution < -0.4 is 16.0 Å². The van der Waals surface area contributed by atoms with Crippen molar-refractivity contribution in [3.8, 4) is 0 Å². The molecule has 0 unspecified atom stereocenters. The number of aliphatic hydroxyl groups is 1. The molecule has 15 heteroatoms. The van der Waals surface area contributed by atoms with E-state index in [9.17, 15) is 31.2 Å². The highest BCUT2D eigenvalue weighted by Crippen LogP contribution is 2.38. The zero-order chi connectivity index (χ0) is 33.7. The summed E-state index contributed by atoms with van der Waals surface area (Å²) in [6.07, 6.45) is -0.161. The van der Waals surface area contributed by atoms with Gasteiger partial charge in [-0.3, -0.25) is 14.7 Å². The number of halogens is 3. The number of urea groups is 1. The Kier molecular flexibility index (Phi) is 11.5. The molecule has 2 heterocycles. The van der Waals surface area contributed by atoms with E-state index in [2.05, 4.69) is 5.32 Å². The van der Waals surface area contributed by atoms with Gasteiger partial charge in [0.25, 0.3) is 5.91 Å². The van der Waals surface area contributed by atoms with E-state index < -0.39 is 34.2 Å². The molecular formula is C31H44F3N5O6S. The van der Waals surface area contributed by atoms with Crippen molar-refractivity contribution < 1.29 is 41.0 Å². The Morgan fingerprint density at radius 3 is 2.37 bits per heavy atom. The maximum absolute atomic E-state index is 13.3. The summed E-state index contributed by atoms with van der Waals surface area (Å²) in [4.78, 5) is 31.2. The van der Waals surface area contributed by atoms with Crippen LogP contribution in [0.15, 0.2) is 22.5 Å². The topological polar surface area (TPSA) is 155 Å². The van der Waals surface area contributed by atoms with Crippen LogP contribution >= 0.6 is 0 Å². The minimum atomic E-state index is -4.15. The number of carbonyl (C=O) groups is 2. The van der Waals surface area contributed by atoms with Crippen LogP contribution in [0.2, 0.25) is 0 Å². The van der Waals surface area contributed by atoms with Gasteiger partial charge >= 0.3 is 12.2 Å². The molecule has 256 valence electrons. The second kappa shape index (κ2) is 14.8.